The molecule has 0 aliphatic carbocycles. The Morgan fingerprint density at radius 2 is 1.47 bits per heavy atom. The highest BCUT2D eigenvalue weighted by Gasteiger charge is 2.47. The molecule has 1 fully saturated rings. The summed E-state index contributed by atoms with van der Waals surface area (Å²) in [5.74, 6) is -2.65. The molecule has 1 aliphatic heterocycles. The zero-order valence-corrected chi connectivity index (χ0v) is 16.3. The standard InChI is InChI=1S/C21H20O11/c22-6-14-16(28)17(29)18(30)21(31-14)15-12(26)5-10(24)8-4-13(27)19(32-20(8)15)7-1-2-9(23)11(25)3-7/h1-5,14,16-18,21-22,28-30H,6H2,(H4-,23,24,25,26,27)/p+1/t14-,16-,17+,18-,21?/m1/s1. The Morgan fingerprint density at radius 3 is 2.12 bits per heavy atom. The van der Waals surface area contributed by atoms with Crippen LogP contribution in [0, 0.1) is 0 Å². The molecule has 170 valence electrons. The van der Waals surface area contributed by atoms with Gasteiger partial charge in [-0.2, -0.15) is 0 Å². The average molecular weight is 449 g/mol. The molecule has 3 aromatic rings. The fraction of sp³-hybridized carbons (Fsp3) is 0.286. The quantitative estimate of drug-likeness (QED) is 0.198. The number of aliphatic hydroxyl groups excluding tert-OH is 4. The summed E-state index contributed by atoms with van der Waals surface area (Å²) in [7, 11) is 0. The normalized spacial score (nSPS) is 25.8. The number of phenolic OH excluding ortho intramolecular Hbond substituents is 4. The summed E-state index contributed by atoms with van der Waals surface area (Å²) in [5.41, 5.74) is -0.339. The van der Waals surface area contributed by atoms with Gasteiger partial charge in [-0.05, 0) is 12.1 Å². The van der Waals surface area contributed by atoms with Crippen molar-refractivity contribution in [1.82, 2.24) is 0 Å². The molecule has 1 aromatic heterocycles. The van der Waals surface area contributed by atoms with E-state index in [1.807, 2.05) is 0 Å². The van der Waals surface area contributed by atoms with Crippen LogP contribution in [-0.4, -0.2) is 77.0 Å². The third kappa shape index (κ3) is 3.42. The average Bonchev–Trinajstić information content (AvgIpc) is 2.75. The van der Waals surface area contributed by atoms with Crippen molar-refractivity contribution in [1.29, 1.82) is 0 Å². The second-order valence-electron chi connectivity index (χ2n) is 7.49. The minimum atomic E-state index is -1.75. The van der Waals surface area contributed by atoms with Gasteiger partial charge in [0.05, 0.1) is 12.2 Å². The van der Waals surface area contributed by atoms with Crippen LogP contribution in [-0.2, 0) is 4.74 Å². The van der Waals surface area contributed by atoms with Crippen LogP contribution in [0.2, 0.25) is 0 Å². The second-order valence-corrected chi connectivity index (χ2v) is 7.49. The minimum absolute atomic E-state index is 0.0842. The smallest absolute Gasteiger partial charge is 0.402 e. The topological polar surface area (TPSA) is 203 Å². The van der Waals surface area contributed by atoms with Gasteiger partial charge in [0.2, 0.25) is 5.75 Å². The first-order valence-corrected chi connectivity index (χ1v) is 9.51. The van der Waals surface area contributed by atoms with E-state index >= 15 is 0 Å². The maximum Gasteiger partial charge on any atom is 0.402 e. The van der Waals surface area contributed by atoms with Crippen LogP contribution in [0.1, 0.15) is 11.7 Å². The summed E-state index contributed by atoms with van der Waals surface area (Å²) in [6.45, 7) is -0.700. The monoisotopic (exact) mass is 449 g/mol. The van der Waals surface area contributed by atoms with E-state index in [9.17, 15) is 46.0 Å². The lowest BCUT2D eigenvalue weighted by Gasteiger charge is -2.39. The molecule has 5 atom stereocenters. The van der Waals surface area contributed by atoms with Crippen LogP contribution >= 0.6 is 0 Å². The molecule has 1 unspecified atom stereocenters. The maximum absolute atomic E-state index is 10.5. The van der Waals surface area contributed by atoms with Crippen LogP contribution in [0.4, 0.5) is 0 Å². The van der Waals surface area contributed by atoms with E-state index in [1.54, 1.807) is 0 Å². The van der Waals surface area contributed by atoms with Crippen LogP contribution < -0.4 is 0 Å². The molecular weight excluding hydrogens is 428 g/mol. The van der Waals surface area contributed by atoms with Gasteiger partial charge in [-0.25, -0.2) is 4.42 Å². The molecule has 4 rings (SSSR count). The largest absolute Gasteiger partial charge is 0.507 e. The number of rotatable bonds is 3. The fourth-order valence-electron chi connectivity index (χ4n) is 3.76. The van der Waals surface area contributed by atoms with E-state index in [0.29, 0.717) is 0 Å². The molecule has 11 nitrogen and oxygen atoms in total. The highest BCUT2D eigenvalue weighted by molar-refractivity contribution is 5.91. The number of hydrogen-bond acceptors (Lipinski definition) is 10. The summed E-state index contributed by atoms with van der Waals surface area (Å²) in [5, 5.41) is 90.5. The van der Waals surface area contributed by atoms with Crippen LogP contribution in [0.25, 0.3) is 22.3 Å². The SMILES string of the molecule is OC[C@H]1OC(c2c(O)cc(O)c3cc(O)c(-c4ccc(O)c(O)c4)[o+]c23)[C@H](O)[C@@H](O)[C@@H]1O. The van der Waals surface area contributed by atoms with Crippen LogP contribution in [0.3, 0.4) is 0 Å². The van der Waals surface area contributed by atoms with Gasteiger partial charge in [-0.3, -0.25) is 0 Å². The highest BCUT2D eigenvalue weighted by atomic mass is 16.5. The van der Waals surface area contributed by atoms with Crippen molar-refractivity contribution in [2.75, 3.05) is 6.61 Å². The Hall–Kier alpha value is -3.35. The first-order chi connectivity index (χ1) is 15.1. The van der Waals surface area contributed by atoms with Gasteiger partial charge >= 0.3 is 11.3 Å². The van der Waals surface area contributed by atoms with Gasteiger partial charge in [0, 0.05) is 18.2 Å². The molecule has 32 heavy (non-hydrogen) atoms. The van der Waals surface area contributed by atoms with E-state index < -0.39 is 65.9 Å². The molecule has 0 amide bonds. The summed E-state index contributed by atoms with van der Waals surface area (Å²) >= 11 is 0. The summed E-state index contributed by atoms with van der Waals surface area (Å²) in [4.78, 5) is 0. The molecular formula is C21H21O11+. The zero-order valence-electron chi connectivity index (χ0n) is 16.3. The lowest BCUT2D eigenvalue weighted by atomic mass is 9.89. The molecule has 0 bridgehead atoms. The van der Waals surface area contributed by atoms with Crippen molar-refractivity contribution >= 4 is 11.0 Å². The van der Waals surface area contributed by atoms with Crippen molar-refractivity contribution < 1.29 is 55.1 Å². The number of aromatic hydroxyl groups is 5. The Morgan fingerprint density at radius 1 is 0.750 bits per heavy atom. The molecule has 0 saturated carbocycles. The molecule has 2 heterocycles. The predicted molar refractivity (Wildman–Crippen MR) is 107 cm³/mol. The van der Waals surface area contributed by atoms with Gasteiger partial charge in [0.25, 0.3) is 0 Å². The van der Waals surface area contributed by atoms with Crippen molar-refractivity contribution in [2.24, 2.45) is 0 Å². The molecule has 2 aromatic carbocycles. The Labute approximate surface area is 179 Å². The summed E-state index contributed by atoms with van der Waals surface area (Å²) in [6.07, 6.45) is -7.89. The fourth-order valence-corrected chi connectivity index (χ4v) is 3.76. The van der Waals surface area contributed by atoms with Gasteiger partial charge in [0.1, 0.15) is 53.0 Å². The van der Waals surface area contributed by atoms with Gasteiger partial charge in [0.15, 0.2) is 11.5 Å². The van der Waals surface area contributed by atoms with Crippen molar-refractivity contribution in [3.8, 4) is 40.1 Å². The van der Waals surface area contributed by atoms with Gasteiger partial charge < -0.3 is 50.7 Å². The summed E-state index contributed by atoms with van der Waals surface area (Å²) in [6, 6.07) is 5.62. The number of fused-ring (bicyclic) bond motifs is 1. The first kappa shape index (κ1) is 21.9. The van der Waals surface area contributed by atoms with E-state index in [1.165, 1.54) is 6.07 Å². The van der Waals surface area contributed by atoms with E-state index in [0.717, 1.165) is 24.3 Å². The van der Waals surface area contributed by atoms with Crippen LogP contribution in [0.15, 0.2) is 34.7 Å². The Bertz CT molecular complexity index is 1180. The summed E-state index contributed by atoms with van der Waals surface area (Å²) < 4.78 is 11.2. The van der Waals surface area contributed by atoms with Crippen molar-refractivity contribution in [2.45, 2.75) is 30.5 Å². The van der Waals surface area contributed by atoms with Gasteiger partial charge in [-0.15, -0.1) is 0 Å². The molecule has 1 saturated heterocycles. The Balaban J connectivity index is 1.95. The Kier molecular flexibility index (Phi) is 5.44. The first-order valence-electron chi connectivity index (χ1n) is 9.51. The molecule has 0 spiro atoms. The van der Waals surface area contributed by atoms with Crippen molar-refractivity contribution in [3.05, 3.63) is 35.9 Å². The number of hydrogen-bond donors (Lipinski definition) is 9. The van der Waals surface area contributed by atoms with E-state index in [-0.39, 0.29) is 27.9 Å². The zero-order chi connectivity index (χ0) is 23.3. The lowest BCUT2D eigenvalue weighted by Crippen LogP contribution is -2.55. The number of benzene rings is 2. The lowest BCUT2D eigenvalue weighted by molar-refractivity contribution is -0.231. The van der Waals surface area contributed by atoms with E-state index in [4.69, 9.17) is 9.15 Å². The predicted octanol–water partition coefficient (Wildman–Crippen LogP) is 0.424. The second kappa shape index (κ2) is 7.97. The maximum atomic E-state index is 10.5. The number of ether oxygens (including phenoxy) is 1. The third-order valence-electron chi connectivity index (χ3n) is 5.45. The van der Waals surface area contributed by atoms with Crippen LogP contribution in [0.5, 0.6) is 28.7 Å². The molecule has 11 heteroatoms. The molecule has 1 aliphatic rings. The minimum Gasteiger partial charge on any atom is -0.507 e. The van der Waals surface area contributed by atoms with Gasteiger partial charge in [-0.1, -0.05) is 0 Å². The van der Waals surface area contributed by atoms with Crippen molar-refractivity contribution in [3.63, 3.8) is 0 Å². The highest BCUT2D eigenvalue weighted by Crippen LogP contribution is 2.47. The number of phenols is 4. The molecule has 9 N–H and O–H groups in total. The molecule has 0 radical (unpaired) electrons. The van der Waals surface area contributed by atoms with E-state index in [2.05, 4.69) is 0 Å². The third-order valence-corrected chi connectivity index (χ3v) is 5.45. The number of aliphatic hydroxyl groups is 4.